The lowest BCUT2D eigenvalue weighted by Crippen LogP contribution is -2.32. The third kappa shape index (κ3) is 4.19. The molecule has 3 aromatic carbocycles. The minimum atomic E-state index is -0.499. The Morgan fingerprint density at radius 2 is 1.34 bits per heavy atom. The van der Waals surface area contributed by atoms with E-state index in [2.05, 4.69) is 72.0 Å². The normalized spacial score (nSPS) is 12.9. The highest BCUT2D eigenvalue weighted by Gasteiger charge is 2.28. The first-order valence-electron chi connectivity index (χ1n) is 10.1. The predicted octanol–water partition coefficient (Wildman–Crippen LogP) is 6.07. The number of ether oxygens (including phenoxy) is 1. The number of amides is 1. The summed E-state index contributed by atoms with van der Waals surface area (Å²) in [5, 5.41) is 2.90. The summed E-state index contributed by atoms with van der Waals surface area (Å²) in [6, 6.07) is 25.7. The Kier molecular flexibility index (Phi) is 5.14. The van der Waals surface area contributed by atoms with Crippen LogP contribution < -0.4 is 5.32 Å². The van der Waals surface area contributed by atoms with Crippen LogP contribution in [0.2, 0.25) is 0 Å². The number of rotatable bonds is 4. The van der Waals surface area contributed by atoms with Crippen molar-refractivity contribution in [3.8, 4) is 11.1 Å². The topological polar surface area (TPSA) is 38.3 Å². The highest BCUT2D eigenvalue weighted by Crippen LogP contribution is 2.46. The van der Waals surface area contributed by atoms with Crippen LogP contribution in [0.1, 0.15) is 48.9 Å². The van der Waals surface area contributed by atoms with Crippen LogP contribution in [0.15, 0.2) is 72.8 Å². The molecule has 148 valence electrons. The molecular formula is C26H27NO2. The van der Waals surface area contributed by atoms with E-state index in [4.69, 9.17) is 4.74 Å². The van der Waals surface area contributed by atoms with Crippen molar-refractivity contribution in [2.45, 2.75) is 45.3 Å². The van der Waals surface area contributed by atoms with E-state index in [1.165, 1.54) is 27.8 Å². The Labute approximate surface area is 172 Å². The maximum absolute atomic E-state index is 12.1. The molecule has 0 radical (unpaired) electrons. The van der Waals surface area contributed by atoms with E-state index >= 15 is 0 Å². The third-order valence-corrected chi connectivity index (χ3v) is 5.33. The first-order chi connectivity index (χ1) is 13.9. The molecule has 1 amide bonds. The van der Waals surface area contributed by atoms with Gasteiger partial charge < -0.3 is 10.1 Å². The minimum absolute atomic E-state index is 0.324. The zero-order chi connectivity index (χ0) is 20.4. The van der Waals surface area contributed by atoms with Crippen molar-refractivity contribution in [2.24, 2.45) is 0 Å². The van der Waals surface area contributed by atoms with Crippen molar-refractivity contribution in [3.05, 3.63) is 95.1 Å². The van der Waals surface area contributed by atoms with E-state index in [1.54, 1.807) is 0 Å². The lowest BCUT2D eigenvalue weighted by Gasteiger charge is -2.20. The van der Waals surface area contributed by atoms with Crippen LogP contribution in [-0.2, 0) is 17.7 Å². The average molecular weight is 386 g/mol. The first kappa shape index (κ1) is 19.3. The summed E-state index contributed by atoms with van der Waals surface area (Å²) < 4.78 is 5.38. The molecule has 0 unspecified atom stereocenters. The second-order valence-electron chi connectivity index (χ2n) is 8.56. The fraction of sp³-hybridized carbons (Fsp3) is 0.269. The smallest absolute Gasteiger partial charge is 0.407 e. The molecule has 0 saturated carbocycles. The van der Waals surface area contributed by atoms with Crippen LogP contribution in [0.3, 0.4) is 0 Å². The molecule has 1 aliphatic carbocycles. The SMILES string of the molecule is CC(C)(C)OC(=O)NCc1ccccc1CC1c2ccccc2-c2ccccc21. The van der Waals surface area contributed by atoms with E-state index in [9.17, 15) is 4.79 Å². The maximum Gasteiger partial charge on any atom is 0.407 e. The molecule has 0 aliphatic heterocycles. The van der Waals surface area contributed by atoms with E-state index in [0.29, 0.717) is 12.5 Å². The summed E-state index contributed by atoms with van der Waals surface area (Å²) in [6.07, 6.45) is 0.518. The Morgan fingerprint density at radius 3 is 1.93 bits per heavy atom. The Balaban J connectivity index is 1.57. The highest BCUT2D eigenvalue weighted by atomic mass is 16.6. The van der Waals surface area contributed by atoms with Crippen LogP contribution in [-0.4, -0.2) is 11.7 Å². The van der Waals surface area contributed by atoms with Gasteiger partial charge in [0.15, 0.2) is 0 Å². The number of alkyl carbamates (subject to hydrolysis) is 1. The summed E-state index contributed by atoms with van der Waals surface area (Å²) in [7, 11) is 0. The van der Waals surface area contributed by atoms with Gasteiger partial charge in [-0.15, -0.1) is 0 Å². The van der Waals surface area contributed by atoms with E-state index in [1.807, 2.05) is 26.8 Å². The van der Waals surface area contributed by atoms with Gasteiger partial charge in [0.25, 0.3) is 0 Å². The number of benzene rings is 3. The van der Waals surface area contributed by atoms with Crippen LogP contribution >= 0.6 is 0 Å². The number of hydrogen-bond acceptors (Lipinski definition) is 2. The van der Waals surface area contributed by atoms with Crippen molar-refractivity contribution >= 4 is 6.09 Å². The molecular weight excluding hydrogens is 358 g/mol. The lowest BCUT2D eigenvalue weighted by molar-refractivity contribution is 0.0523. The van der Waals surface area contributed by atoms with Crippen molar-refractivity contribution in [1.29, 1.82) is 0 Å². The van der Waals surface area contributed by atoms with Crippen molar-refractivity contribution in [3.63, 3.8) is 0 Å². The van der Waals surface area contributed by atoms with Crippen molar-refractivity contribution in [1.82, 2.24) is 5.32 Å². The predicted molar refractivity (Wildman–Crippen MR) is 117 cm³/mol. The fourth-order valence-corrected chi connectivity index (χ4v) is 4.11. The van der Waals surface area contributed by atoms with Crippen LogP contribution in [0.4, 0.5) is 4.79 Å². The van der Waals surface area contributed by atoms with Crippen LogP contribution in [0.25, 0.3) is 11.1 Å². The standard InChI is InChI=1S/C26H27NO2/c1-26(2,3)29-25(28)27-17-19-11-5-4-10-18(19)16-24-22-14-8-6-12-20(22)21-13-7-9-15-23(21)24/h4-15,24H,16-17H2,1-3H3,(H,27,28). The summed E-state index contributed by atoms with van der Waals surface area (Å²) in [5.74, 6) is 0.324. The van der Waals surface area contributed by atoms with Gasteiger partial charge in [0.05, 0.1) is 0 Å². The summed E-state index contributed by atoms with van der Waals surface area (Å²) >= 11 is 0. The number of carbonyl (C=O) groups is 1. The molecule has 0 heterocycles. The van der Waals surface area contributed by atoms with E-state index in [-0.39, 0.29) is 6.09 Å². The second-order valence-corrected chi connectivity index (χ2v) is 8.56. The quantitative estimate of drug-likeness (QED) is 0.592. The van der Waals surface area contributed by atoms with Gasteiger partial charge in [-0.2, -0.15) is 0 Å². The Morgan fingerprint density at radius 1 is 0.828 bits per heavy atom. The van der Waals surface area contributed by atoms with Gasteiger partial charge in [-0.3, -0.25) is 0 Å². The second kappa shape index (κ2) is 7.75. The van der Waals surface area contributed by atoms with Gasteiger partial charge in [0, 0.05) is 12.5 Å². The number of carbonyl (C=O) groups excluding carboxylic acids is 1. The first-order valence-corrected chi connectivity index (χ1v) is 10.1. The van der Waals surface area contributed by atoms with Gasteiger partial charge in [-0.05, 0) is 60.6 Å². The molecule has 1 N–H and O–H groups in total. The maximum atomic E-state index is 12.1. The molecule has 1 aliphatic rings. The lowest BCUT2D eigenvalue weighted by atomic mass is 9.88. The molecule has 0 bridgehead atoms. The van der Waals surface area contributed by atoms with Gasteiger partial charge in [0.1, 0.15) is 5.60 Å². The zero-order valence-electron chi connectivity index (χ0n) is 17.2. The van der Waals surface area contributed by atoms with E-state index in [0.717, 1.165) is 12.0 Å². The molecule has 3 heteroatoms. The average Bonchev–Trinajstić information content (AvgIpc) is 3.00. The summed E-state index contributed by atoms with van der Waals surface area (Å²) in [6.45, 7) is 6.07. The van der Waals surface area contributed by atoms with Gasteiger partial charge in [-0.25, -0.2) is 4.79 Å². The van der Waals surface area contributed by atoms with Crippen molar-refractivity contribution < 1.29 is 9.53 Å². The molecule has 0 atom stereocenters. The summed E-state index contributed by atoms with van der Waals surface area (Å²) in [5.41, 5.74) is 7.29. The number of nitrogens with one attached hydrogen (secondary N) is 1. The number of fused-ring (bicyclic) bond motifs is 3. The highest BCUT2D eigenvalue weighted by molar-refractivity contribution is 5.79. The van der Waals surface area contributed by atoms with Crippen LogP contribution in [0.5, 0.6) is 0 Å². The number of hydrogen-bond donors (Lipinski definition) is 1. The monoisotopic (exact) mass is 385 g/mol. The Hall–Kier alpha value is -3.07. The molecule has 29 heavy (non-hydrogen) atoms. The molecule has 3 aromatic rings. The molecule has 0 spiro atoms. The molecule has 4 rings (SSSR count). The summed E-state index contributed by atoms with van der Waals surface area (Å²) in [4.78, 5) is 12.1. The van der Waals surface area contributed by atoms with Gasteiger partial charge >= 0.3 is 6.09 Å². The Bertz CT molecular complexity index is 987. The van der Waals surface area contributed by atoms with E-state index < -0.39 is 5.60 Å². The molecule has 0 aromatic heterocycles. The van der Waals surface area contributed by atoms with Crippen LogP contribution in [0, 0.1) is 0 Å². The molecule has 0 saturated heterocycles. The zero-order valence-corrected chi connectivity index (χ0v) is 17.2. The largest absolute Gasteiger partial charge is 0.444 e. The van der Waals surface area contributed by atoms with Crippen molar-refractivity contribution in [2.75, 3.05) is 0 Å². The van der Waals surface area contributed by atoms with Gasteiger partial charge in [0.2, 0.25) is 0 Å². The fourth-order valence-electron chi connectivity index (χ4n) is 4.11. The molecule has 3 nitrogen and oxygen atoms in total. The third-order valence-electron chi connectivity index (χ3n) is 5.33. The molecule has 0 fully saturated rings. The minimum Gasteiger partial charge on any atom is -0.444 e. The van der Waals surface area contributed by atoms with Gasteiger partial charge in [-0.1, -0.05) is 72.8 Å².